The van der Waals surface area contributed by atoms with Crippen LogP contribution in [-0.4, -0.2) is 23.7 Å². The van der Waals surface area contributed by atoms with Crippen molar-refractivity contribution in [3.8, 4) is 0 Å². The Morgan fingerprint density at radius 3 is 2.59 bits per heavy atom. The second-order valence-corrected chi connectivity index (χ2v) is 3.82. The molecule has 92 valence electrons. The van der Waals surface area contributed by atoms with Crippen LogP contribution in [0.4, 0.5) is 0 Å². The van der Waals surface area contributed by atoms with Crippen molar-refractivity contribution in [2.45, 2.75) is 26.7 Å². The van der Waals surface area contributed by atoms with E-state index in [4.69, 9.17) is 9.84 Å². The highest BCUT2D eigenvalue weighted by Gasteiger charge is 2.09. The minimum Gasteiger partial charge on any atom is -0.481 e. The molecule has 1 N–H and O–H groups in total. The highest BCUT2D eigenvalue weighted by Crippen LogP contribution is 2.13. The Labute approximate surface area is 100 Å². The van der Waals surface area contributed by atoms with Crippen LogP contribution in [-0.2, 0) is 16.0 Å². The summed E-state index contributed by atoms with van der Waals surface area (Å²) in [6.07, 6.45) is 0.481. The van der Waals surface area contributed by atoms with Gasteiger partial charge < -0.3 is 9.84 Å². The summed E-state index contributed by atoms with van der Waals surface area (Å²) in [5.41, 5.74) is 2.25. The molecule has 0 heterocycles. The normalized spacial score (nSPS) is 10.0. The van der Waals surface area contributed by atoms with Gasteiger partial charge in [0, 0.05) is 6.42 Å². The van der Waals surface area contributed by atoms with Crippen LogP contribution in [0.15, 0.2) is 18.2 Å². The molecule has 0 aliphatic heterocycles. The lowest BCUT2D eigenvalue weighted by Gasteiger charge is -2.06. The van der Waals surface area contributed by atoms with Crippen LogP contribution in [0.2, 0.25) is 0 Å². The van der Waals surface area contributed by atoms with Gasteiger partial charge in [0.05, 0.1) is 12.2 Å². The second-order valence-electron chi connectivity index (χ2n) is 3.82. The molecule has 1 aromatic rings. The molecule has 0 amide bonds. The monoisotopic (exact) mass is 236 g/mol. The van der Waals surface area contributed by atoms with Gasteiger partial charge in [-0.1, -0.05) is 11.6 Å². The maximum atomic E-state index is 11.5. The molecule has 0 spiro atoms. The first kappa shape index (κ1) is 13.2. The quantitative estimate of drug-likeness (QED) is 0.796. The average molecular weight is 236 g/mol. The maximum Gasteiger partial charge on any atom is 0.338 e. The Kier molecular flexibility index (Phi) is 4.69. The van der Waals surface area contributed by atoms with E-state index in [0.29, 0.717) is 18.6 Å². The van der Waals surface area contributed by atoms with Gasteiger partial charge in [-0.05, 0) is 38.0 Å². The van der Waals surface area contributed by atoms with Crippen LogP contribution in [0.1, 0.15) is 34.8 Å². The van der Waals surface area contributed by atoms with Gasteiger partial charge in [0.15, 0.2) is 0 Å². The number of carbonyl (C=O) groups excluding carboxylic acids is 1. The van der Waals surface area contributed by atoms with Crippen LogP contribution in [0.3, 0.4) is 0 Å². The van der Waals surface area contributed by atoms with E-state index >= 15 is 0 Å². The van der Waals surface area contributed by atoms with Crippen molar-refractivity contribution in [3.05, 3.63) is 34.9 Å². The lowest BCUT2D eigenvalue weighted by Crippen LogP contribution is -2.06. The molecular weight excluding hydrogens is 220 g/mol. The molecule has 4 nitrogen and oxygen atoms in total. The average Bonchev–Trinajstić information content (AvgIpc) is 2.26. The lowest BCUT2D eigenvalue weighted by molar-refractivity contribution is -0.136. The number of carbonyl (C=O) groups is 2. The van der Waals surface area contributed by atoms with Gasteiger partial charge in [-0.3, -0.25) is 4.79 Å². The van der Waals surface area contributed by atoms with E-state index in [0.717, 1.165) is 11.1 Å². The molecule has 1 rings (SSSR count). The van der Waals surface area contributed by atoms with E-state index < -0.39 is 5.97 Å². The van der Waals surface area contributed by atoms with E-state index in [-0.39, 0.29) is 12.4 Å². The number of ether oxygens (including phenoxy) is 1. The molecule has 0 atom stereocenters. The first-order valence-corrected chi connectivity index (χ1v) is 5.52. The number of rotatable bonds is 5. The van der Waals surface area contributed by atoms with Gasteiger partial charge in [0.25, 0.3) is 0 Å². The summed E-state index contributed by atoms with van der Waals surface area (Å²) in [7, 11) is 0. The van der Waals surface area contributed by atoms with E-state index in [1.165, 1.54) is 0 Å². The van der Waals surface area contributed by atoms with Crippen molar-refractivity contribution < 1.29 is 19.4 Å². The molecular formula is C13H16O4. The fourth-order valence-corrected chi connectivity index (χ4v) is 1.59. The molecule has 0 saturated carbocycles. The summed E-state index contributed by atoms with van der Waals surface area (Å²) >= 11 is 0. The zero-order valence-electron chi connectivity index (χ0n) is 10.0. The van der Waals surface area contributed by atoms with Crippen molar-refractivity contribution in [2.24, 2.45) is 0 Å². The Morgan fingerprint density at radius 1 is 1.29 bits per heavy atom. The van der Waals surface area contributed by atoms with Crippen LogP contribution in [0.5, 0.6) is 0 Å². The number of aryl methyl sites for hydroxylation is 2. The van der Waals surface area contributed by atoms with Gasteiger partial charge in [-0.15, -0.1) is 0 Å². The van der Waals surface area contributed by atoms with Crippen LogP contribution < -0.4 is 0 Å². The molecule has 0 aliphatic rings. The molecule has 1 aromatic carbocycles. The fraction of sp³-hybridized carbons (Fsp3) is 0.385. The summed E-state index contributed by atoms with van der Waals surface area (Å²) in [6.45, 7) is 3.95. The lowest BCUT2D eigenvalue weighted by atomic mass is 10.0. The maximum absolute atomic E-state index is 11.5. The Morgan fingerprint density at radius 2 is 2.00 bits per heavy atom. The molecule has 4 heteroatoms. The first-order chi connectivity index (χ1) is 8.02. The topological polar surface area (TPSA) is 63.6 Å². The van der Waals surface area contributed by atoms with Gasteiger partial charge in [-0.2, -0.15) is 0 Å². The summed E-state index contributed by atoms with van der Waals surface area (Å²) in [5, 5.41) is 8.62. The highest BCUT2D eigenvalue weighted by atomic mass is 16.5. The van der Waals surface area contributed by atoms with E-state index in [2.05, 4.69) is 0 Å². The number of esters is 1. The minimum atomic E-state index is -0.843. The molecule has 0 unspecified atom stereocenters. The zero-order valence-corrected chi connectivity index (χ0v) is 10.0. The summed E-state index contributed by atoms with van der Waals surface area (Å²) < 4.78 is 4.91. The van der Waals surface area contributed by atoms with Crippen molar-refractivity contribution in [1.82, 2.24) is 0 Å². The molecule has 0 radical (unpaired) electrons. The molecule has 0 fully saturated rings. The van der Waals surface area contributed by atoms with Crippen molar-refractivity contribution in [2.75, 3.05) is 6.61 Å². The molecule has 0 aliphatic carbocycles. The molecule has 0 aromatic heterocycles. The predicted molar refractivity (Wildman–Crippen MR) is 63.1 cm³/mol. The zero-order chi connectivity index (χ0) is 12.8. The highest BCUT2D eigenvalue weighted by molar-refractivity contribution is 5.89. The predicted octanol–water partition coefficient (Wildman–Crippen LogP) is 2.19. The largest absolute Gasteiger partial charge is 0.481 e. The van der Waals surface area contributed by atoms with Crippen LogP contribution >= 0.6 is 0 Å². The summed E-state index contributed by atoms with van der Waals surface area (Å²) in [4.78, 5) is 22.0. The third kappa shape index (κ3) is 4.26. The van der Waals surface area contributed by atoms with Crippen LogP contribution in [0, 0.1) is 6.92 Å². The number of carboxylic acids is 1. The number of hydrogen-bond acceptors (Lipinski definition) is 3. The fourth-order valence-electron chi connectivity index (χ4n) is 1.59. The van der Waals surface area contributed by atoms with E-state index in [1.807, 2.05) is 13.0 Å². The molecule has 17 heavy (non-hydrogen) atoms. The van der Waals surface area contributed by atoms with Crippen molar-refractivity contribution >= 4 is 11.9 Å². The van der Waals surface area contributed by atoms with Gasteiger partial charge in [0.1, 0.15) is 0 Å². The first-order valence-electron chi connectivity index (χ1n) is 5.52. The van der Waals surface area contributed by atoms with Crippen molar-refractivity contribution in [3.63, 3.8) is 0 Å². The minimum absolute atomic E-state index is 0.0612. The Balaban J connectivity index is 2.86. The summed E-state index contributed by atoms with van der Waals surface area (Å²) in [5.74, 6) is -1.21. The Bertz CT molecular complexity index is 423. The smallest absolute Gasteiger partial charge is 0.338 e. The van der Waals surface area contributed by atoms with Crippen LogP contribution in [0.25, 0.3) is 0 Å². The number of carboxylic acid groups (broad SMARTS) is 1. The van der Waals surface area contributed by atoms with E-state index in [1.54, 1.807) is 19.1 Å². The van der Waals surface area contributed by atoms with Gasteiger partial charge >= 0.3 is 11.9 Å². The third-order valence-corrected chi connectivity index (χ3v) is 2.28. The molecule has 0 saturated heterocycles. The number of aliphatic carboxylic acids is 1. The van der Waals surface area contributed by atoms with Crippen molar-refractivity contribution in [1.29, 1.82) is 0 Å². The second kappa shape index (κ2) is 6.03. The van der Waals surface area contributed by atoms with E-state index in [9.17, 15) is 9.59 Å². The van der Waals surface area contributed by atoms with Gasteiger partial charge in [-0.25, -0.2) is 4.79 Å². The number of hydrogen-bond donors (Lipinski definition) is 1. The van der Waals surface area contributed by atoms with Gasteiger partial charge in [0.2, 0.25) is 0 Å². The third-order valence-electron chi connectivity index (χ3n) is 2.28. The number of benzene rings is 1. The molecule has 0 bridgehead atoms. The standard InChI is InChI=1S/C13H16O4/c1-3-17-13(16)11-7-9(2)6-10(8-11)4-5-12(14)15/h6-8H,3-5H2,1-2H3,(H,14,15). The SMILES string of the molecule is CCOC(=O)c1cc(C)cc(CCC(=O)O)c1. The Hall–Kier alpha value is -1.84. The summed E-state index contributed by atoms with van der Waals surface area (Å²) in [6, 6.07) is 5.31.